The number of aromatic amines is 1. The summed E-state index contributed by atoms with van der Waals surface area (Å²) in [7, 11) is 3.19. The Morgan fingerprint density at radius 1 is 1.09 bits per heavy atom. The fourth-order valence-corrected chi connectivity index (χ4v) is 2.31. The maximum absolute atomic E-state index is 10.0. The Morgan fingerprint density at radius 3 is 2.68 bits per heavy atom. The molecule has 0 aliphatic carbocycles. The summed E-state index contributed by atoms with van der Waals surface area (Å²) < 4.78 is 10.5. The normalized spacial score (nSPS) is 11.2. The molecule has 0 aliphatic heterocycles. The van der Waals surface area contributed by atoms with Gasteiger partial charge in [-0.25, -0.2) is 0 Å². The predicted octanol–water partition coefficient (Wildman–Crippen LogP) is 3.64. The fraction of sp³-hybridized carbons (Fsp3) is 0.118. The van der Waals surface area contributed by atoms with Gasteiger partial charge in [0.05, 0.1) is 19.8 Å². The molecule has 0 amide bonds. The van der Waals surface area contributed by atoms with Gasteiger partial charge < -0.3 is 19.6 Å². The van der Waals surface area contributed by atoms with Gasteiger partial charge in [-0.1, -0.05) is 18.2 Å². The molecule has 0 atom stereocenters. The molecule has 5 heteroatoms. The molecule has 2 aromatic carbocycles. The van der Waals surface area contributed by atoms with E-state index in [2.05, 4.69) is 9.98 Å². The van der Waals surface area contributed by atoms with Crippen LogP contribution in [-0.2, 0) is 0 Å². The largest absolute Gasteiger partial charge is 0.497 e. The molecule has 0 bridgehead atoms. The number of nitrogens with one attached hydrogen (secondary N) is 1. The molecule has 0 radical (unpaired) electrons. The summed E-state index contributed by atoms with van der Waals surface area (Å²) >= 11 is 0. The molecule has 0 unspecified atom stereocenters. The van der Waals surface area contributed by atoms with E-state index >= 15 is 0 Å². The summed E-state index contributed by atoms with van der Waals surface area (Å²) in [5, 5.41) is 10.9. The summed E-state index contributed by atoms with van der Waals surface area (Å²) in [6, 6.07) is 13.0. The van der Waals surface area contributed by atoms with Crippen molar-refractivity contribution in [3.8, 4) is 17.4 Å². The van der Waals surface area contributed by atoms with Gasteiger partial charge in [-0.15, -0.1) is 0 Å². The van der Waals surface area contributed by atoms with Crippen LogP contribution in [0.25, 0.3) is 10.9 Å². The standard InChI is InChI=1S/C17H16N2O3/c1-21-11-7-8-16(22-2)15(9-11)18-10-13-12-5-3-4-6-14(12)19-17(13)20/h3-10,19-20H,1-2H3. The van der Waals surface area contributed by atoms with Crippen LogP contribution in [0, 0.1) is 0 Å². The number of nitrogens with zero attached hydrogens (tertiary/aromatic N) is 1. The smallest absolute Gasteiger partial charge is 0.198 e. The Labute approximate surface area is 127 Å². The summed E-state index contributed by atoms with van der Waals surface area (Å²) in [4.78, 5) is 7.35. The third kappa shape index (κ3) is 2.48. The minimum Gasteiger partial charge on any atom is -0.497 e. The van der Waals surface area contributed by atoms with E-state index in [9.17, 15) is 5.11 Å². The van der Waals surface area contributed by atoms with E-state index in [0.29, 0.717) is 22.7 Å². The van der Waals surface area contributed by atoms with Crippen molar-refractivity contribution in [2.45, 2.75) is 0 Å². The van der Waals surface area contributed by atoms with Crippen molar-refractivity contribution in [1.29, 1.82) is 0 Å². The molecule has 3 aromatic rings. The van der Waals surface area contributed by atoms with Gasteiger partial charge >= 0.3 is 0 Å². The highest BCUT2D eigenvalue weighted by Gasteiger charge is 2.09. The molecule has 3 rings (SSSR count). The van der Waals surface area contributed by atoms with E-state index in [0.717, 1.165) is 10.9 Å². The van der Waals surface area contributed by atoms with Gasteiger partial charge in [-0.3, -0.25) is 4.99 Å². The van der Waals surface area contributed by atoms with Crippen LogP contribution in [0.2, 0.25) is 0 Å². The highest BCUT2D eigenvalue weighted by atomic mass is 16.5. The molecule has 0 spiro atoms. The highest BCUT2D eigenvalue weighted by Crippen LogP contribution is 2.32. The number of methoxy groups -OCH3 is 2. The minimum absolute atomic E-state index is 0.0896. The molecule has 2 N–H and O–H groups in total. The first kappa shape index (κ1) is 14.0. The van der Waals surface area contributed by atoms with Crippen molar-refractivity contribution in [2.24, 2.45) is 4.99 Å². The number of benzene rings is 2. The Bertz CT molecular complexity index is 837. The second-order valence-electron chi connectivity index (χ2n) is 4.73. The van der Waals surface area contributed by atoms with Crippen LogP contribution in [0.5, 0.6) is 17.4 Å². The van der Waals surface area contributed by atoms with Gasteiger partial charge in [0.2, 0.25) is 0 Å². The lowest BCUT2D eigenvalue weighted by Gasteiger charge is -2.06. The number of aliphatic imine (C=N–C) groups is 1. The van der Waals surface area contributed by atoms with Crippen LogP contribution in [0.1, 0.15) is 5.56 Å². The number of aromatic nitrogens is 1. The molecular formula is C17H16N2O3. The second-order valence-corrected chi connectivity index (χ2v) is 4.73. The van der Waals surface area contributed by atoms with Crippen LogP contribution in [0.4, 0.5) is 5.69 Å². The number of rotatable bonds is 4. The number of para-hydroxylation sites is 1. The van der Waals surface area contributed by atoms with Gasteiger partial charge in [0.15, 0.2) is 5.88 Å². The third-order valence-electron chi connectivity index (χ3n) is 3.44. The lowest BCUT2D eigenvalue weighted by Crippen LogP contribution is -1.87. The molecule has 1 heterocycles. The molecule has 0 aliphatic rings. The first-order valence-electron chi connectivity index (χ1n) is 6.78. The Kier molecular flexibility index (Phi) is 3.70. The van der Waals surface area contributed by atoms with E-state index in [-0.39, 0.29) is 5.88 Å². The first-order valence-corrected chi connectivity index (χ1v) is 6.78. The molecular weight excluding hydrogens is 280 g/mol. The number of hydrogen-bond donors (Lipinski definition) is 2. The minimum atomic E-state index is 0.0896. The van der Waals surface area contributed by atoms with E-state index in [4.69, 9.17) is 9.47 Å². The van der Waals surface area contributed by atoms with Gasteiger partial charge in [0.1, 0.15) is 17.2 Å². The zero-order chi connectivity index (χ0) is 15.5. The van der Waals surface area contributed by atoms with E-state index in [1.54, 1.807) is 38.6 Å². The summed E-state index contributed by atoms with van der Waals surface area (Å²) in [5.74, 6) is 1.42. The summed E-state index contributed by atoms with van der Waals surface area (Å²) in [6.07, 6.45) is 1.62. The Morgan fingerprint density at radius 2 is 1.91 bits per heavy atom. The topological polar surface area (TPSA) is 66.8 Å². The Hall–Kier alpha value is -2.95. The fourth-order valence-electron chi connectivity index (χ4n) is 2.31. The monoisotopic (exact) mass is 296 g/mol. The first-order chi connectivity index (χ1) is 10.7. The van der Waals surface area contributed by atoms with Crippen molar-refractivity contribution in [3.63, 3.8) is 0 Å². The van der Waals surface area contributed by atoms with Crippen LogP contribution in [0.15, 0.2) is 47.5 Å². The maximum Gasteiger partial charge on any atom is 0.198 e. The van der Waals surface area contributed by atoms with Crippen LogP contribution in [-0.4, -0.2) is 30.5 Å². The average Bonchev–Trinajstić information content (AvgIpc) is 2.87. The van der Waals surface area contributed by atoms with Crippen molar-refractivity contribution in [3.05, 3.63) is 48.0 Å². The summed E-state index contributed by atoms with van der Waals surface area (Å²) in [6.45, 7) is 0. The van der Waals surface area contributed by atoms with Gasteiger partial charge in [0.25, 0.3) is 0 Å². The van der Waals surface area contributed by atoms with Gasteiger partial charge in [-0.05, 0) is 18.2 Å². The molecule has 0 fully saturated rings. The maximum atomic E-state index is 10.0. The molecule has 1 aromatic heterocycles. The van der Waals surface area contributed by atoms with Crippen molar-refractivity contribution < 1.29 is 14.6 Å². The van der Waals surface area contributed by atoms with Gasteiger partial charge in [0, 0.05) is 23.2 Å². The van der Waals surface area contributed by atoms with Crippen LogP contribution >= 0.6 is 0 Å². The van der Waals surface area contributed by atoms with E-state index in [1.807, 2.05) is 24.3 Å². The number of aromatic hydroxyl groups is 1. The molecule has 0 saturated carbocycles. The number of fused-ring (bicyclic) bond motifs is 1. The lowest BCUT2D eigenvalue weighted by atomic mass is 10.2. The highest BCUT2D eigenvalue weighted by molar-refractivity contribution is 6.02. The third-order valence-corrected chi connectivity index (χ3v) is 3.44. The predicted molar refractivity (Wildman–Crippen MR) is 86.8 cm³/mol. The molecule has 0 saturated heterocycles. The van der Waals surface area contributed by atoms with Crippen molar-refractivity contribution in [2.75, 3.05) is 14.2 Å². The molecule has 22 heavy (non-hydrogen) atoms. The van der Waals surface area contributed by atoms with Crippen molar-refractivity contribution in [1.82, 2.24) is 4.98 Å². The van der Waals surface area contributed by atoms with E-state index < -0.39 is 0 Å². The Balaban J connectivity index is 2.04. The average molecular weight is 296 g/mol. The summed E-state index contributed by atoms with van der Waals surface area (Å²) in [5.41, 5.74) is 2.13. The zero-order valence-electron chi connectivity index (χ0n) is 12.3. The SMILES string of the molecule is COc1ccc(OC)c(N=Cc2c(O)[nH]c3ccccc23)c1. The molecule has 112 valence electrons. The van der Waals surface area contributed by atoms with Crippen LogP contribution < -0.4 is 9.47 Å². The quantitative estimate of drug-likeness (QED) is 0.722. The van der Waals surface area contributed by atoms with Gasteiger partial charge in [-0.2, -0.15) is 0 Å². The lowest BCUT2D eigenvalue weighted by molar-refractivity contribution is 0.404. The molecule has 5 nitrogen and oxygen atoms in total. The zero-order valence-corrected chi connectivity index (χ0v) is 12.3. The van der Waals surface area contributed by atoms with E-state index in [1.165, 1.54) is 0 Å². The van der Waals surface area contributed by atoms with Crippen molar-refractivity contribution >= 4 is 22.8 Å². The number of ether oxygens (including phenoxy) is 2. The second kappa shape index (κ2) is 5.81. The number of hydrogen-bond acceptors (Lipinski definition) is 4. The number of H-pyrrole nitrogens is 1. The van der Waals surface area contributed by atoms with Crippen LogP contribution in [0.3, 0.4) is 0 Å².